The molecule has 88 valence electrons. The van der Waals surface area contributed by atoms with Gasteiger partial charge in [0.05, 0.1) is 0 Å². The maximum atomic E-state index is 13.6. The predicted octanol–water partition coefficient (Wildman–Crippen LogP) is 2.40. The van der Waals surface area contributed by atoms with Gasteiger partial charge >= 0.3 is 0 Å². The highest BCUT2D eigenvalue weighted by molar-refractivity contribution is 9.10. The lowest BCUT2D eigenvalue weighted by Gasteiger charge is -2.16. The van der Waals surface area contributed by atoms with E-state index in [9.17, 15) is 4.39 Å². The van der Waals surface area contributed by atoms with E-state index in [1.165, 1.54) is 6.07 Å². The number of hydrogen-bond acceptors (Lipinski definition) is 2. The lowest BCUT2D eigenvalue weighted by molar-refractivity contribution is 0.219. The molecule has 1 heterocycles. The first-order valence-electron chi connectivity index (χ1n) is 5.46. The van der Waals surface area contributed by atoms with Crippen molar-refractivity contribution < 1.29 is 9.50 Å². The number of aliphatic hydroxyl groups is 1. The average Bonchev–Trinajstić information content (AvgIpc) is 2.70. The first-order valence-corrected chi connectivity index (χ1v) is 6.25. The Morgan fingerprint density at radius 1 is 1.50 bits per heavy atom. The molecule has 0 saturated carbocycles. The standard InChI is InChI=1S/C12H15BrFNO/c13-11-2-1-10(12(14)5-11)7-15-4-3-9(6-15)8-16/h1-2,5,9,16H,3-4,6-8H2. The lowest BCUT2D eigenvalue weighted by atomic mass is 10.1. The summed E-state index contributed by atoms with van der Waals surface area (Å²) in [5.74, 6) is 0.195. The maximum Gasteiger partial charge on any atom is 0.128 e. The molecule has 16 heavy (non-hydrogen) atoms. The molecule has 4 heteroatoms. The molecule has 1 aromatic carbocycles. The zero-order valence-corrected chi connectivity index (χ0v) is 10.6. The first kappa shape index (κ1) is 12.0. The van der Waals surface area contributed by atoms with Crippen molar-refractivity contribution in [1.29, 1.82) is 0 Å². The van der Waals surface area contributed by atoms with Crippen LogP contribution in [0.2, 0.25) is 0 Å². The smallest absolute Gasteiger partial charge is 0.128 e. The van der Waals surface area contributed by atoms with Crippen LogP contribution in [0.15, 0.2) is 22.7 Å². The van der Waals surface area contributed by atoms with Crippen LogP contribution in [0, 0.1) is 11.7 Å². The molecule has 0 aliphatic carbocycles. The molecule has 0 spiro atoms. The van der Waals surface area contributed by atoms with Gasteiger partial charge in [0.2, 0.25) is 0 Å². The van der Waals surface area contributed by atoms with Gasteiger partial charge in [-0.25, -0.2) is 4.39 Å². The molecular formula is C12H15BrFNO. The first-order chi connectivity index (χ1) is 7.69. The fourth-order valence-electron chi connectivity index (χ4n) is 2.10. The van der Waals surface area contributed by atoms with Gasteiger partial charge < -0.3 is 5.11 Å². The monoisotopic (exact) mass is 287 g/mol. The van der Waals surface area contributed by atoms with E-state index in [1.807, 2.05) is 12.1 Å². The largest absolute Gasteiger partial charge is 0.396 e. The Morgan fingerprint density at radius 2 is 2.31 bits per heavy atom. The minimum atomic E-state index is -0.165. The molecular weight excluding hydrogens is 273 g/mol. The van der Waals surface area contributed by atoms with Crippen LogP contribution >= 0.6 is 15.9 Å². The molecule has 0 bridgehead atoms. The predicted molar refractivity (Wildman–Crippen MR) is 64.6 cm³/mol. The molecule has 2 nitrogen and oxygen atoms in total. The second-order valence-electron chi connectivity index (χ2n) is 4.31. The minimum Gasteiger partial charge on any atom is -0.396 e. The topological polar surface area (TPSA) is 23.5 Å². The summed E-state index contributed by atoms with van der Waals surface area (Å²) in [7, 11) is 0. The highest BCUT2D eigenvalue weighted by Crippen LogP contribution is 2.21. The number of aliphatic hydroxyl groups excluding tert-OH is 1. The molecule has 2 rings (SSSR count). The van der Waals surface area contributed by atoms with Crippen LogP contribution in [-0.2, 0) is 6.54 Å². The second-order valence-corrected chi connectivity index (χ2v) is 5.22. The third-order valence-electron chi connectivity index (χ3n) is 3.04. The van der Waals surface area contributed by atoms with Gasteiger partial charge in [0.25, 0.3) is 0 Å². The van der Waals surface area contributed by atoms with Crippen molar-refractivity contribution in [2.45, 2.75) is 13.0 Å². The van der Waals surface area contributed by atoms with E-state index in [2.05, 4.69) is 20.8 Å². The molecule has 1 atom stereocenters. The van der Waals surface area contributed by atoms with Crippen molar-refractivity contribution in [3.8, 4) is 0 Å². The van der Waals surface area contributed by atoms with Crippen molar-refractivity contribution in [1.82, 2.24) is 4.90 Å². The van der Waals surface area contributed by atoms with Crippen molar-refractivity contribution >= 4 is 15.9 Å². The van der Waals surface area contributed by atoms with Crippen LogP contribution in [0.1, 0.15) is 12.0 Å². The van der Waals surface area contributed by atoms with E-state index in [0.29, 0.717) is 12.5 Å². The number of likely N-dealkylation sites (tertiary alicyclic amines) is 1. The summed E-state index contributed by atoms with van der Waals surface area (Å²) in [6.45, 7) is 2.68. The van der Waals surface area contributed by atoms with Gasteiger partial charge in [-0.1, -0.05) is 22.0 Å². The van der Waals surface area contributed by atoms with E-state index < -0.39 is 0 Å². The van der Waals surface area contributed by atoms with Gasteiger partial charge in [-0.3, -0.25) is 4.90 Å². The minimum absolute atomic E-state index is 0.165. The van der Waals surface area contributed by atoms with Gasteiger partial charge in [0.1, 0.15) is 5.82 Å². The summed E-state index contributed by atoms with van der Waals surface area (Å²) in [6, 6.07) is 5.17. The third kappa shape index (κ3) is 2.81. The average molecular weight is 288 g/mol. The quantitative estimate of drug-likeness (QED) is 0.923. The van der Waals surface area contributed by atoms with E-state index in [4.69, 9.17) is 5.11 Å². The van der Waals surface area contributed by atoms with E-state index in [-0.39, 0.29) is 12.4 Å². The van der Waals surface area contributed by atoms with Crippen LogP contribution in [0.5, 0.6) is 0 Å². The molecule has 1 N–H and O–H groups in total. The number of nitrogens with zero attached hydrogens (tertiary/aromatic N) is 1. The highest BCUT2D eigenvalue weighted by atomic mass is 79.9. The van der Waals surface area contributed by atoms with Gasteiger partial charge in [-0.05, 0) is 31.0 Å². The molecule has 1 aliphatic heterocycles. The van der Waals surface area contributed by atoms with Gasteiger partial charge in [-0.15, -0.1) is 0 Å². The Labute approximate surface area is 103 Å². The molecule has 0 radical (unpaired) electrons. The van der Waals surface area contributed by atoms with E-state index in [0.717, 1.165) is 29.5 Å². The molecule has 0 amide bonds. The fraction of sp³-hybridized carbons (Fsp3) is 0.500. The Bertz CT molecular complexity index is 372. The van der Waals surface area contributed by atoms with Crippen molar-refractivity contribution in [2.75, 3.05) is 19.7 Å². The SMILES string of the molecule is OCC1CCN(Cc2ccc(Br)cc2F)C1. The zero-order chi connectivity index (χ0) is 11.5. The summed E-state index contributed by atoms with van der Waals surface area (Å²) >= 11 is 3.24. The lowest BCUT2D eigenvalue weighted by Crippen LogP contribution is -2.21. The molecule has 0 aromatic heterocycles. The summed E-state index contributed by atoms with van der Waals surface area (Å²) in [5, 5.41) is 9.03. The van der Waals surface area contributed by atoms with Crippen molar-refractivity contribution in [2.24, 2.45) is 5.92 Å². The zero-order valence-electron chi connectivity index (χ0n) is 9.00. The summed E-state index contributed by atoms with van der Waals surface area (Å²) in [5.41, 5.74) is 0.724. The van der Waals surface area contributed by atoms with Crippen molar-refractivity contribution in [3.63, 3.8) is 0 Å². The van der Waals surface area contributed by atoms with Crippen molar-refractivity contribution in [3.05, 3.63) is 34.1 Å². The third-order valence-corrected chi connectivity index (χ3v) is 3.53. The second kappa shape index (κ2) is 5.25. The van der Waals surface area contributed by atoms with E-state index >= 15 is 0 Å². The Morgan fingerprint density at radius 3 is 2.94 bits per heavy atom. The van der Waals surface area contributed by atoms with Gasteiger partial charge in [-0.2, -0.15) is 0 Å². The molecule has 1 fully saturated rings. The molecule has 1 saturated heterocycles. The molecule has 1 aromatic rings. The van der Waals surface area contributed by atoms with Crippen LogP contribution < -0.4 is 0 Å². The molecule has 1 unspecified atom stereocenters. The number of halogens is 2. The van der Waals surface area contributed by atoms with Gasteiger partial charge in [0.15, 0.2) is 0 Å². The van der Waals surface area contributed by atoms with Crippen LogP contribution in [0.25, 0.3) is 0 Å². The maximum absolute atomic E-state index is 13.6. The fourth-order valence-corrected chi connectivity index (χ4v) is 2.43. The highest BCUT2D eigenvalue weighted by Gasteiger charge is 2.22. The van der Waals surface area contributed by atoms with Crippen LogP contribution in [0.4, 0.5) is 4.39 Å². The van der Waals surface area contributed by atoms with Crippen LogP contribution in [-0.4, -0.2) is 29.7 Å². The normalized spacial score (nSPS) is 21.6. The summed E-state index contributed by atoms with van der Waals surface area (Å²) in [4.78, 5) is 2.19. The Balaban J connectivity index is 1.99. The number of hydrogen-bond donors (Lipinski definition) is 1. The Hall–Kier alpha value is -0.450. The van der Waals surface area contributed by atoms with Gasteiger partial charge in [0, 0.05) is 29.7 Å². The number of benzene rings is 1. The summed E-state index contributed by atoms with van der Waals surface area (Å²) in [6.07, 6.45) is 1.01. The van der Waals surface area contributed by atoms with E-state index in [1.54, 1.807) is 0 Å². The molecule has 1 aliphatic rings. The van der Waals surface area contributed by atoms with Crippen LogP contribution in [0.3, 0.4) is 0 Å². The Kier molecular flexibility index (Phi) is 3.95. The summed E-state index contributed by atoms with van der Waals surface area (Å²) < 4.78 is 14.3. The number of rotatable bonds is 3.